The van der Waals surface area contributed by atoms with Gasteiger partial charge in [-0.25, -0.2) is 0 Å². The van der Waals surface area contributed by atoms with Gasteiger partial charge in [0.15, 0.2) is 0 Å². The SMILES string of the molecule is CCC1(C)CC(SC)=NO1. The van der Waals surface area contributed by atoms with Crippen molar-refractivity contribution in [2.24, 2.45) is 5.16 Å². The van der Waals surface area contributed by atoms with Crippen molar-refractivity contribution >= 4 is 16.8 Å². The fourth-order valence-corrected chi connectivity index (χ4v) is 1.41. The molecule has 0 fully saturated rings. The first-order valence-electron chi connectivity index (χ1n) is 3.49. The Kier molecular flexibility index (Phi) is 2.24. The van der Waals surface area contributed by atoms with Gasteiger partial charge >= 0.3 is 0 Å². The Balaban J connectivity index is 2.49. The van der Waals surface area contributed by atoms with Crippen LogP contribution in [0, 0.1) is 0 Å². The smallest absolute Gasteiger partial charge is 0.140 e. The quantitative estimate of drug-likeness (QED) is 0.585. The molecule has 0 aliphatic carbocycles. The van der Waals surface area contributed by atoms with Crippen molar-refractivity contribution in [2.75, 3.05) is 6.26 Å². The maximum Gasteiger partial charge on any atom is 0.140 e. The summed E-state index contributed by atoms with van der Waals surface area (Å²) in [4.78, 5) is 5.26. The van der Waals surface area contributed by atoms with Crippen LogP contribution < -0.4 is 0 Å². The van der Waals surface area contributed by atoms with Crippen molar-refractivity contribution in [1.29, 1.82) is 0 Å². The lowest BCUT2D eigenvalue weighted by molar-refractivity contribution is -0.00604. The molecule has 0 amide bonds. The summed E-state index contributed by atoms with van der Waals surface area (Å²) in [5.74, 6) is 0. The highest BCUT2D eigenvalue weighted by Gasteiger charge is 2.31. The highest BCUT2D eigenvalue weighted by atomic mass is 32.2. The zero-order valence-electron chi connectivity index (χ0n) is 6.68. The molecule has 0 radical (unpaired) electrons. The van der Waals surface area contributed by atoms with Gasteiger partial charge in [-0.1, -0.05) is 12.1 Å². The molecule has 0 saturated heterocycles. The summed E-state index contributed by atoms with van der Waals surface area (Å²) < 4.78 is 0. The largest absolute Gasteiger partial charge is 0.388 e. The van der Waals surface area contributed by atoms with Crippen LogP contribution in [0.25, 0.3) is 0 Å². The average Bonchev–Trinajstić information content (AvgIpc) is 2.33. The molecule has 0 aromatic heterocycles. The third-order valence-corrected chi connectivity index (χ3v) is 2.57. The summed E-state index contributed by atoms with van der Waals surface area (Å²) in [5.41, 5.74) is -0.0155. The van der Waals surface area contributed by atoms with Crippen LogP contribution in [0.3, 0.4) is 0 Å². The van der Waals surface area contributed by atoms with Crippen LogP contribution in [0.2, 0.25) is 0 Å². The minimum Gasteiger partial charge on any atom is -0.388 e. The van der Waals surface area contributed by atoms with E-state index in [4.69, 9.17) is 4.84 Å². The summed E-state index contributed by atoms with van der Waals surface area (Å²) in [7, 11) is 0. The Morgan fingerprint density at radius 3 is 2.80 bits per heavy atom. The van der Waals surface area contributed by atoms with E-state index in [0.29, 0.717) is 0 Å². The topological polar surface area (TPSA) is 21.6 Å². The summed E-state index contributed by atoms with van der Waals surface area (Å²) in [6, 6.07) is 0. The van der Waals surface area contributed by atoms with E-state index in [9.17, 15) is 0 Å². The van der Waals surface area contributed by atoms with E-state index in [1.165, 1.54) is 0 Å². The van der Waals surface area contributed by atoms with Crippen LogP contribution in [0.1, 0.15) is 26.7 Å². The highest BCUT2D eigenvalue weighted by Crippen LogP contribution is 2.29. The fraction of sp³-hybridized carbons (Fsp3) is 0.857. The van der Waals surface area contributed by atoms with Crippen molar-refractivity contribution in [3.8, 4) is 0 Å². The van der Waals surface area contributed by atoms with Crippen LogP contribution in [0.15, 0.2) is 5.16 Å². The number of thioether (sulfide) groups is 1. The molecule has 2 nitrogen and oxygen atoms in total. The molecule has 0 bridgehead atoms. The van der Waals surface area contributed by atoms with Crippen molar-refractivity contribution < 1.29 is 4.84 Å². The maximum atomic E-state index is 5.26. The predicted octanol–water partition coefficient (Wildman–Crippen LogP) is 2.25. The molecule has 58 valence electrons. The molecular weight excluding hydrogens is 146 g/mol. The van der Waals surface area contributed by atoms with Crippen molar-refractivity contribution in [3.05, 3.63) is 0 Å². The molecule has 0 aromatic carbocycles. The predicted molar refractivity (Wildman–Crippen MR) is 45.3 cm³/mol. The minimum atomic E-state index is -0.0155. The Morgan fingerprint density at radius 2 is 2.50 bits per heavy atom. The zero-order chi connectivity index (χ0) is 7.61. The molecule has 10 heavy (non-hydrogen) atoms. The summed E-state index contributed by atoms with van der Waals surface area (Å²) in [5, 5.41) is 5.07. The minimum absolute atomic E-state index is 0.0155. The van der Waals surface area contributed by atoms with Gasteiger partial charge in [-0.05, 0) is 19.6 Å². The second kappa shape index (κ2) is 2.82. The van der Waals surface area contributed by atoms with Crippen LogP contribution in [-0.4, -0.2) is 16.9 Å². The molecule has 0 N–H and O–H groups in total. The Bertz CT molecular complexity index is 158. The monoisotopic (exact) mass is 159 g/mol. The van der Waals surface area contributed by atoms with E-state index >= 15 is 0 Å². The second-order valence-corrected chi connectivity index (χ2v) is 3.64. The number of oxime groups is 1. The van der Waals surface area contributed by atoms with Crippen LogP contribution in [0.5, 0.6) is 0 Å². The molecule has 0 spiro atoms. The lowest BCUT2D eigenvalue weighted by Gasteiger charge is -2.17. The summed E-state index contributed by atoms with van der Waals surface area (Å²) in [6.07, 6.45) is 4.04. The van der Waals surface area contributed by atoms with Gasteiger partial charge in [0.05, 0.1) is 0 Å². The molecular formula is C7H13NOS. The van der Waals surface area contributed by atoms with Crippen LogP contribution in [-0.2, 0) is 4.84 Å². The first-order chi connectivity index (χ1) is 4.70. The Hall–Kier alpha value is -0.180. The molecule has 1 atom stereocenters. The molecule has 1 aliphatic heterocycles. The molecule has 1 heterocycles. The Labute approximate surface area is 66.0 Å². The van der Waals surface area contributed by atoms with Gasteiger partial charge in [0.2, 0.25) is 0 Å². The molecule has 1 rings (SSSR count). The highest BCUT2D eigenvalue weighted by molar-refractivity contribution is 8.13. The lowest BCUT2D eigenvalue weighted by atomic mass is 10.0. The number of hydrogen-bond donors (Lipinski definition) is 0. The van der Waals surface area contributed by atoms with E-state index in [2.05, 4.69) is 19.0 Å². The van der Waals surface area contributed by atoms with E-state index < -0.39 is 0 Å². The molecule has 0 saturated carbocycles. The van der Waals surface area contributed by atoms with E-state index in [1.54, 1.807) is 11.8 Å². The molecule has 0 aromatic rings. The standard InChI is InChI=1S/C7H13NOS/c1-4-7(2)5-6(10-3)8-9-7/h4-5H2,1-3H3. The number of hydrogen-bond acceptors (Lipinski definition) is 3. The second-order valence-electron chi connectivity index (χ2n) is 2.76. The van der Waals surface area contributed by atoms with Gasteiger partial charge < -0.3 is 4.84 Å². The summed E-state index contributed by atoms with van der Waals surface area (Å²) in [6.45, 7) is 4.22. The maximum absolute atomic E-state index is 5.26. The van der Waals surface area contributed by atoms with E-state index in [0.717, 1.165) is 17.9 Å². The normalized spacial score (nSPS) is 31.7. The zero-order valence-corrected chi connectivity index (χ0v) is 7.49. The van der Waals surface area contributed by atoms with Gasteiger partial charge in [0, 0.05) is 6.42 Å². The average molecular weight is 159 g/mol. The van der Waals surface area contributed by atoms with Gasteiger partial charge in [-0.3, -0.25) is 0 Å². The Morgan fingerprint density at radius 1 is 1.80 bits per heavy atom. The first-order valence-corrected chi connectivity index (χ1v) is 4.72. The lowest BCUT2D eigenvalue weighted by Crippen LogP contribution is -2.22. The van der Waals surface area contributed by atoms with E-state index in [1.807, 2.05) is 6.26 Å². The van der Waals surface area contributed by atoms with Gasteiger partial charge in [0.1, 0.15) is 10.6 Å². The third-order valence-electron chi connectivity index (χ3n) is 1.88. The summed E-state index contributed by atoms with van der Waals surface area (Å²) >= 11 is 1.68. The molecule has 3 heteroatoms. The fourth-order valence-electron chi connectivity index (χ4n) is 0.845. The van der Waals surface area contributed by atoms with Crippen molar-refractivity contribution in [2.45, 2.75) is 32.3 Å². The van der Waals surface area contributed by atoms with Gasteiger partial charge in [0.25, 0.3) is 0 Å². The van der Waals surface area contributed by atoms with Crippen LogP contribution in [0.4, 0.5) is 0 Å². The first kappa shape index (κ1) is 7.92. The van der Waals surface area contributed by atoms with Gasteiger partial charge in [-0.2, -0.15) is 0 Å². The molecule has 1 unspecified atom stereocenters. The third kappa shape index (κ3) is 1.45. The number of rotatable bonds is 1. The van der Waals surface area contributed by atoms with Crippen molar-refractivity contribution in [1.82, 2.24) is 0 Å². The van der Waals surface area contributed by atoms with Gasteiger partial charge in [-0.15, -0.1) is 11.8 Å². The van der Waals surface area contributed by atoms with Crippen molar-refractivity contribution in [3.63, 3.8) is 0 Å². The van der Waals surface area contributed by atoms with Crippen LogP contribution >= 0.6 is 11.8 Å². The van der Waals surface area contributed by atoms with E-state index in [-0.39, 0.29) is 5.60 Å². The number of nitrogens with zero attached hydrogens (tertiary/aromatic N) is 1. The molecule has 1 aliphatic rings.